The number of anilines is 1. The molecule has 0 aliphatic rings. The lowest BCUT2D eigenvalue weighted by Crippen LogP contribution is -2.26. The van der Waals surface area contributed by atoms with Crippen LogP contribution in [0, 0.1) is 0 Å². The Morgan fingerprint density at radius 1 is 1.38 bits per heavy atom. The third-order valence-corrected chi connectivity index (χ3v) is 1.78. The highest BCUT2D eigenvalue weighted by Crippen LogP contribution is 2.17. The Balaban J connectivity index is 2.92. The van der Waals surface area contributed by atoms with E-state index in [1.807, 2.05) is 0 Å². The summed E-state index contributed by atoms with van der Waals surface area (Å²) in [6.07, 6.45) is 0. The predicted molar refractivity (Wildman–Crippen MR) is 51.6 cm³/mol. The van der Waals surface area contributed by atoms with Crippen molar-refractivity contribution in [1.82, 2.24) is 0 Å². The predicted octanol–water partition coefficient (Wildman–Crippen LogP) is 2.25. The molecule has 0 unspecified atom stereocenters. The number of hydrogen-bond donors (Lipinski definition) is 0. The van der Waals surface area contributed by atoms with Crippen molar-refractivity contribution >= 4 is 23.2 Å². The Morgan fingerprint density at radius 3 is 2.31 bits per heavy atom. The van der Waals surface area contributed by atoms with Crippen LogP contribution < -0.4 is 5.06 Å². The Morgan fingerprint density at radius 2 is 1.92 bits per heavy atom. The number of carbonyl (C=O) groups is 1. The first-order valence-electron chi connectivity index (χ1n) is 3.75. The van der Waals surface area contributed by atoms with E-state index in [0.717, 1.165) is 0 Å². The van der Waals surface area contributed by atoms with Crippen LogP contribution >= 0.6 is 11.6 Å². The van der Waals surface area contributed by atoms with Crippen molar-refractivity contribution in [3.05, 3.63) is 29.3 Å². The Bertz CT molecular complexity index is 297. The van der Waals surface area contributed by atoms with Gasteiger partial charge in [0.05, 0.1) is 12.8 Å². The highest BCUT2D eigenvalue weighted by Gasteiger charge is 2.09. The number of hydrogen-bond acceptors (Lipinski definition) is 2. The summed E-state index contributed by atoms with van der Waals surface area (Å²) in [4.78, 5) is 15.9. The lowest BCUT2D eigenvalue weighted by Gasteiger charge is -2.17. The second-order valence-corrected chi connectivity index (χ2v) is 2.91. The zero-order valence-corrected chi connectivity index (χ0v) is 8.21. The van der Waals surface area contributed by atoms with E-state index in [9.17, 15) is 4.79 Å². The van der Waals surface area contributed by atoms with Gasteiger partial charge in [-0.15, -0.1) is 0 Å². The standard InChI is InChI=1S/C9H10ClNO2/c1-7(12)11(13-2)9-5-3-8(10)4-6-9/h3-6H,1-2H3. The molecule has 0 aromatic heterocycles. The van der Waals surface area contributed by atoms with Gasteiger partial charge >= 0.3 is 0 Å². The minimum Gasteiger partial charge on any atom is -0.273 e. The molecule has 0 radical (unpaired) electrons. The van der Waals surface area contributed by atoms with Crippen LogP contribution in [0.15, 0.2) is 24.3 Å². The fraction of sp³-hybridized carbons (Fsp3) is 0.222. The second-order valence-electron chi connectivity index (χ2n) is 2.47. The number of rotatable bonds is 2. The van der Waals surface area contributed by atoms with E-state index in [2.05, 4.69) is 0 Å². The van der Waals surface area contributed by atoms with Gasteiger partial charge in [-0.1, -0.05) is 11.6 Å². The van der Waals surface area contributed by atoms with Crippen LogP contribution in [0.25, 0.3) is 0 Å². The summed E-state index contributed by atoms with van der Waals surface area (Å²) in [5, 5.41) is 1.82. The van der Waals surface area contributed by atoms with Crippen molar-refractivity contribution in [2.75, 3.05) is 12.2 Å². The maximum atomic E-state index is 11.0. The third-order valence-electron chi connectivity index (χ3n) is 1.53. The molecule has 1 amide bonds. The fourth-order valence-electron chi connectivity index (χ4n) is 0.992. The molecule has 0 saturated carbocycles. The highest BCUT2D eigenvalue weighted by atomic mass is 35.5. The lowest BCUT2D eigenvalue weighted by atomic mass is 10.3. The summed E-state index contributed by atoms with van der Waals surface area (Å²) in [5.41, 5.74) is 0.666. The maximum Gasteiger partial charge on any atom is 0.247 e. The average Bonchev–Trinajstić information content (AvgIpc) is 2.09. The van der Waals surface area contributed by atoms with Gasteiger partial charge in [-0.2, -0.15) is 5.06 Å². The van der Waals surface area contributed by atoms with Crippen LogP contribution in [0.4, 0.5) is 5.69 Å². The lowest BCUT2D eigenvalue weighted by molar-refractivity contribution is -0.122. The molecule has 0 fully saturated rings. The summed E-state index contributed by atoms with van der Waals surface area (Å²) in [6, 6.07) is 6.83. The molecular formula is C9H10ClNO2. The number of hydroxylamine groups is 1. The van der Waals surface area contributed by atoms with E-state index in [0.29, 0.717) is 10.7 Å². The van der Waals surface area contributed by atoms with Gasteiger partial charge < -0.3 is 0 Å². The largest absolute Gasteiger partial charge is 0.273 e. The summed E-state index contributed by atoms with van der Waals surface area (Å²) < 4.78 is 0. The molecule has 0 bridgehead atoms. The monoisotopic (exact) mass is 199 g/mol. The van der Waals surface area contributed by atoms with Crippen molar-refractivity contribution < 1.29 is 9.63 Å². The molecule has 0 spiro atoms. The van der Waals surface area contributed by atoms with E-state index in [4.69, 9.17) is 16.4 Å². The molecule has 13 heavy (non-hydrogen) atoms. The summed E-state index contributed by atoms with van der Waals surface area (Å²) in [7, 11) is 1.44. The van der Waals surface area contributed by atoms with Crippen LogP contribution in [-0.2, 0) is 9.63 Å². The maximum absolute atomic E-state index is 11.0. The van der Waals surface area contributed by atoms with Gasteiger partial charge in [0.2, 0.25) is 5.91 Å². The molecule has 0 aliphatic carbocycles. The SMILES string of the molecule is CON(C(C)=O)c1ccc(Cl)cc1. The molecule has 1 aromatic rings. The van der Waals surface area contributed by atoms with Crippen molar-refractivity contribution in [3.63, 3.8) is 0 Å². The van der Waals surface area contributed by atoms with Gasteiger partial charge in [-0.3, -0.25) is 9.63 Å². The first-order chi connectivity index (χ1) is 6.15. The van der Waals surface area contributed by atoms with Gasteiger partial charge in [-0.05, 0) is 24.3 Å². The zero-order chi connectivity index (χ0) is 9.84. The Kier molecular flexibility index (Phi) is 3.28. The van der Waals surface area contributed by atoms with Gasteiger partial charge in [-0.25, -0.2) is 0 Å². The Labute approximate surface area is 81.8 Å². The molecule has 0 saturated heterocycles. The van der Waals surface area contributed by atoms with Crippen molar-refractivity contribution in [3.8, 4) is 0 Å². The van der Waals surface area contributed by atoms with E-state index in [1.165, 1.54) is 19.1 Å². The first kappa shape index (κ1) is 10.0. The van der Waals surface area contributed by atoms with Crippen LogP contribution in [0.1, 0.15) is 6.92 Å². The smallest absolute Gasteiger partial charge is 0.247 e. The summed E-state index contributed by atoms with van der Waals surface area (Å²) in [5.74, 6) is -0.176. The number of halogens is 1. The van der Waals surface area contributed by atoms with Gasteiger partial charge in [0.1, 0.15) is 0 Å². The van der Waals surface area contributed by atoms with E-state index in [1.54, 1.807) is 24.3 Å². The molecule has 0 aliphatic heterocycles. The fourth-order valence-corrected chi connectivity index (χ4v) is 1.12. The number of nitrogens with zero attached hydrogens (tertiary/aromatic N) is 1. The number of benzene rings is 1. The third kappa shape index (κ3) is 2.44. The van der Waals surface area contributed by atoms with Crippen LogP contribution in [-0.4, -0.2) is 13.0 Å². The second kappa shape index (κ2) is 4.25. The molecule has 0 atom stereocenters. The van der Waals surface area contributed by atoms with E-state index < -0.39 is 0 Å². The van der Waals surface area contributed by atoms with Crippen LogP contribution in [0.5, 0.6) is 0 Å². The molecule has 3 nitrogen and oxygen atoms in total. The van der Waals surface area contributed by atoms with Gasteiger partial charge in [0, 0.05) is 11.9 Å². The van der Waals surface area contributed by atoms with Gasteiger partial charge in [0.25, 0.3) is 0 Å². The summed E-state index contributed by atoms with van der Waals surface area (Å²) in [6.45, 7) is 1.43. The normalized spacial score (nSPS) is 9.77. The summed E-state index contributed by atoms with van der Waals surface area (Å²) >= 11 is 5.69. The van der Waals surface area contributed by atoms with Crippen molar-refractivity contribution in [2.45, 2.75) is 6.92 Å². The topological polar surface area (TPSA) is 29.5 Å². The average molecular weight is 200 g/mol. The van der Waals surface area contributed by atoms with Crippen LogP contribution in [0.2, 0.25) is 5.02 Å². The van der Waals surface area contributed by atoms with E-state index >= 15 is 0 Å². The molecule has 0 heterocycles. The molecule has 0 N–H and O–H groups in total. The minimum atomic E-state index is -0.176. The molecule has 1 rings (SSSR count). The van der Waals surface area contributed by atoms with Crippen molar-refractivity contribution in [2.24, 2.45) is 0 Å². The van der Waals surface area contributed by atoms with Gasteiger partial charge in [0.15, 0.2) is 0 Å². The quantitative estimate of drug-likeness (QED) is 0.684. The zero-order valence-electron chi connectivity index (χ0n) is 7.45. The minimum absolute atomic E-state index is 0.176. The molecule has 70 valence electrons. The highest BCUT2D eigenvalue weighted by molar-refractivity contribution is 6.30. The van der Waals surface area contributed by atoms with Crippen molar-refractivity contribution in [1.29, 1.82) is 0 Å². The first-order valence-corrected chi connectivity index (χ1v) is 4.13. The number of carbonyl (C=O) groups excluding carboxylic acids is 1. The van der Waals surface area contributed by atoms with Crippen LogP contribution in [0.3, 0.4) is 0 Å². The molecule has 1 aromatic carbocycles. The number of amides is 1. The molecule has 4 heteroatoms. The molecular weight excluding hydrogens is 190 g/mol. The Hall–Kier alpha value is -1.06. The van der Waals surface area contributed by atoms with E-state index in [-0.39, 0.29) is 5.91 Å².